The molecule has 1 amide bonds. The van der Waals surface area contributed by atoms with Crippen molar-refractivity contribution in [3.8, 4) is 5.75 Å². The molecule has 0 atom stereocenters. The number of carbonyl (C=O) groups is 1. The number of benzene rings is 2. The largest absolute Gasteiger partial charge is 0.494 e. The number of hydrogen-bond acceptors (Lipinski definition) is 3. The van der Waals surface area contributed by atoms with Gasteiger partial charge in [-0.25, -0.2) is 0 Å². The Labute approximate surface area is 163 Å². The van der Waals surface area contributed by atoms with Gasteiger partial charge in [-0.3, -0.25) is 4.79 Å². The van der Waals surface area contributed by atoms with Gasteiger partial charge in [0.15, 0.2) is 0 Å². The summed E-state index contributed by atoms with van der Waals surface area (Å²) in [5.74, 6) is 0.816. The number of unbranched alkanes of at least 4 members (excludes halogenated alkanes) is 4. The third-order valence-corrected chi connectivity index (χ3v) is 4.57. The van der Waals surface area contributed by atoms with E-state index in [4.69, 9.17) is 4.74 Å². The zero-order valence-electron chi connectivity index (χ0n) is 16.8. The first-order valence-electron chi connectivity index (χ1n) is 9.93. The Balaban J connectivity index is 1.72. The number of amides is 1. The molecular formula is C23H32N2O2. The molecule has 4 nitrogen and oxygen atoms in total. The molecule has 0 aliphatic carbocycles. The van der Waals surface area contributed by atoms with E-state index in [-0.39, 0.29) is 12.5 Å². The van der Waals surface area contributed by atoms with Crippen LogP contribution in [0.1, 0.15) is 50.2 Å². The van der Waals surface area contributed by atoms with Crippen molar-refractivity contribution in [1.82, 2.24) is 0 Å². The van der Waals surface area contributed by atoms with Crippen molar-refractivity contribution in [3.63, 3.8) is 0 Å². The first-order chi connectivity index (χ1) is 13.1. The molecule has 2 N–H and O–H groups in total. The summed E-state index contributed by atoms with van der Waals surface area (Å²) >= 11 is 0. The molecule has 0 aliphatic rings. The highest BCUT2D eigenvalue weighted by Crippen LogP contribution is 2.20. The normalized spacial score (nSPS) is 10.5. The minimum atomic E-state index is -0.0557. The van der Waals surface area contributed by atoms with Crippen LogP contribution in [0.3, 0.4) is 0 Å². The van der Waals surface area contributed by atoms with E-state index >= 15 is 0 Å². The van der Waals surface area contributed by atoms with Crippen LogP contribution in [0.2, 0.25) is 0 Å². The minimum absolute atomic E-state index is 0.0557. The van der Waals surface area contributed by atoms with Crippen LogP contribution < -0.4 is 15.4 Å². The second-order valence-electron chi connectivity index (χ2n) is 6.96. The average molecular weight is 369 g/mol. The van der Waals surface area contributed by atoms with Gasteiger partial charge in [0, 0.05) is 11.4 Å². The SMILES string of the molecule is CCCCCCCOc1ccc(NCC(=O)Nc2c(C)cccc2C)cc1. The fraction of sp³-hybridized carbons (Fsp3) is 0.435. The van der Waals surface area contributed by atoms with E-state index in [0.29, 0.717) is 0 Å². The molecule has 2 aromatic carbocycles. The molecule has 0 aliphatic heterocycles. The topological polar surface area (TPSA) is 50.4 Å². The Kier molecular flexibility index (Phi) is 8.69. The lowest BCUT2D eigenvalue weighted by molar-refractivity contribution is -0.114. The molecule has 0 fully saturated rings. The van der Waals surface area contributed by atoms with Crippen molar-refractivity contribution in [2.24, 2.45) is 0 Å². The quantitative estimate of drug-likeness (QED) is 0.500. The fourth-order valence-corrected chi connectivity index (χ4v) is 2.94. The standard InChI is InChI=1S/C23H32N2O2/c1-4-5-6-7-8-16-27-21-14-12-20(13-15-21)24-17-22(26)25-23-18(2)10-9-11-19(23)3/h9-15,24H,4-8,16-17H2,1-3H3,(H,25,26). The number of rotatable bonds is 11. The van der Waals surface area contributed by atoms with E-state index in [0.717, 1.165) is 41.3 Å². The van der Waals surface area contributed by atoms with Crippen molar-refractivity contribution in [1.29, 1.82) is 0 Å². The lowest BCUT2D eigenvalue weighted by Crippen LogP contribution is -2.22. The van der Waals surface area contributed by atoms with Gasteiger partial charge in [0.2, 0.25) is 5.91 Å². The molecule has 2 rings (SSSR count). The smallest absolute Gasteiger partial charge is 0.243 e. The molecule has 4 heteroatoms. The third-order valence-electron chi connectivity index (χ3n) is 4.57. The van der Waals surface area contributed by atoms with Gasteiger partial charge >= 0.3 is 0 Å². The monoisotopic (exact) mass is 368 g/mol. The second kappa shape index (κ2) is 11.3. The highest BCUT2D eigenvalue weighted by atomic mass is 16.5. The van der Waals surface area contributed by atoms with E-state index in [2.05, 4.69) is 17.6 Å². The van der Waals surface area contributed by atoms with Gasteiger partial charge in [0.25, 0.3) is 0 Å². The van der Waals surface area contributed by atoms with Crippen molar-refractivity contribution < 1.29 is 9.53 Å². The summed E-state index contributed by atoms with van der Waals surface area (Å²) in [6.07, 6.45) is 6.17. The van der Waals surface area contributed by atoms with Crippen LogP contribution in [0.15, 0.2) is 42.5 Å². The summed E-state index contributed by atoms with van der Waals surface area (Å²) in [5.41, 5.74) is 3.94. The molecule has 0 unspecified atom stereocenters. The molecule has 0 heterocycles. The predicted molar refractivity (Wildman–Crippen MR) is 114 cm³/mol. The lowest BCUT2D eigenvalue weighted by Gasteiger charge is -2.12. The molecule has 0 spiro atoms. The molecule has 27 heavy (non-hydrogen) atoms. The highest BCUT2D eigenvalue weighted by Gasteiger charge is 2.07. The van der Waals surface area contributed by atoms with Crippen LogP contribution in [0.25, 0.3) is 0 Å². The van der Waals surface area contributed by atoms with Crippen LogP contribution in [0, 0.1) is 13.8 Å². The number of carbonyl (C=O) groups excluding carboxylic acids is 1. The van der Waals surface area contributed by atoms with Gasteiger partial charge in [-0.15, -0.1) is 0 Å². The van der Waals surface area contributed by atoms with Gasteiger partial charge in [-0.2, -0.15) is 0 Å². The molecular weight excluding hydrogens is 336 g/mol. The van der Waals surface area contributed by atoms with Crippen LogP contribution in [-0.4, -0.2) is 19.1 Å². The molecule has 0 bridgehead atoms. The summed E-state index contributed by atoms with van der Waals surface area (Å²) < 4.78 is 5.77. The van der Waals surface area contributed by atoms with E-state index in [1.165, 1.54) is 25.7 Å². The van der Waals surface area contributed by atoms with Crippen molar-refractivity contribution in [2.45, 2.75) is 52.9 Å². The summed E-state index contributed by atoms with van der Waals surface area (Å²) in [7, 11) is 0. The van der Waals surface area contributed by atoms with Gasteiger partial charge in [0.1, 0.15) is 5.75 Å². The van der Waals surface area contributed by atoms with Gasteiger partial charge < -0.3 is 15.4 Å². The second-order valence-corrected chi connectivity index (χ2v) is 6.96. The molecule has 0 saturated heterocycles. The Hall–Kier alpha value is -2.49. The van der Waals surface area contributed by atoms with Gasteiger partial charge in [-0.05, 0) is 55.7 Å². The van der Waals surface area contributed by atoms with Gasteiger partial charge in [0.05, 0.1) is 13.2 Å². The third kappa shape index (κ3) is 7.33. The number of hydrogen-bond donors (Lipinski definition) is 2. The van der Waals surface area contributed by atoms with Crippen molar-refractivity contribution >= 4 is 17.3 Å². The van der Waals surface area contributed by atoms with Crippen LogP contribution in [-0.2, 0) is 4.79 Å². The van der Waals surface area contributed by atoms with Crippen molar-refractivity contribution in [2.75, 3.05) is 23.8 Å². The minimum Gasteiger partial charge on any atom is -0.494 e. The molecule has 0 aromatic heterocycles. The highest BCUT2D eigenvalue weighted by molar-refractivity contribution is 5.95. The van der Waals surface area contributed by atoms with E-state index in [1.54, 1.807) is 0 Å². The number of nitrogens with one attached hydrogen (secondary N) is 2. The Morgan fingerprint density at radius 3 is 2.26 bits per heavy atom. The number of aryl methyl sites for hydroxylation is 2. The average Bonchev–Trinajstić information content (AvgIpc) is 2.67. The van der Waals surface area contributed by atoms with Crippen LogP contribution in [0.4, 0.5) is 11.4 Å². The molecule has 2 aromatic rings. The number of anilines is 2. The van der Waals surface area contributed by atoms with E-state index in [1.807, 2.05) is 56.3 Å². The maximum atomic E-state index is 12.2. The number of para-hydroxylation sites is 1. The van der Waals surface area contributed by atoms with Crippen LogP contribution >= 0.6 is 0 Å². The van der Waals surface area contributed by atoms with Gasteiger partial charge in [-0.1, -0.05) is 50.8 Å². The maximum absolute atomic E-state index is 12.2. The summed E-state index contributed by atoms with van der Waals surface area (Å²) in [6.45, 7) is 7.21. The van der Waals surface area contributed by atoms with Crippen LogP contribution in [0.5, 0.6) is 5.75 Å². The molecule has 0 saturated carbocycles. The molecule has 0 radical (unpaired) electrons. The Morgan fingerprint density at radius 2 is 1.59 bits per heavy atom. The summed E-state index contributed by atoms with van der Waals surface area (Å²) in [4.78, 5) is 12.2. The Bertz CT molecular complexity index is 691. The first-order valence-corrected chi connectivity index (χ1v) is 9.93. The zero-order valence-corrected chi connectivity index (χ0v) is 16.8. The first kappa shape index (κ1) is 20.8. The van der Waals surface area contributed by atoms with Crippen molar-refractivity contribution in [3.05, 3.63) is 53.6 Å². The number of ether oxygens (including phenoxy) is 1. The van der Waals surface area contributed by atoms with E-state index < -0.39 is 0 Å². The molecule has 146 valence electrons. The fourth-order valence-electron chi connectivity index (χ4n) is 2.94. The summed E-state index contributed by atoms with van der Waals surface area (Å²) in [5, 5.41) is 6.14. The zero-order chi connectivity index (χ0) is 19.5. The summed E-state index contributed by atoms with van der Waals surface area (Å²) in [6, 6.07) is 13.8. The Morgan fingerprint density at radius 1 is 0.926 bits per heavy atom. The maximum Gasteiger partial charge on any atom is 0.243 e. The lowest BCUT2D eigenvalue weighted by atomic mass is 10.1. The predicted octanol–water partition coefficient (Wildman–Crippen LogP) is 5.70. The van der Waals surface area contributed by atoms with E-state index in [9.17, 15) is 4.79 Å².